The molecule has 0 saturated heterocycles. The normalized spacial score (nSPS) is 11.5. The van der Waals surface area contributed by atoms with Gasteiger partial charge in [-0.1, -0.05) is 176 Å². The van der Waals surface area contributed by atoms with E-state index in [1.807, 2.05) is 11.3 Å². The Labute approximate surface area is 370 Å². The van der Waals surface area contributed by atoms with Crippen molar-refractivity contribution in [2.75, 3.05) is 4.90 Å². The Hall–Kier alpha value is -7.98. The number of hydrogen-bond acceptors (Lipinski definition) is 2. The molecule has 3 heteroatoms. The fraction of sp³-hybridized carbons (Fsp3) is 0. The maximum Gasteiger partial charge on any atom is 0.0541 e. The van der Waals surface area contributed by atoms with Gasteiger partial charge in [-0.25, -0.2) is 0 Å². The Morgan fingerprint density at radius 1 is 0.302 bits per heavy atom. The van der Waals surface area contributed by atoms with Crippen LogP contribution in [0.5, 0.6) is 0 Å². The molecule has 0 atom stereocenters. The molecule has 12 rings (SSSR count). The lowest BCUT2D eigenvalue weighted by molar-refractivity contribution is 1.18. The molecule has 10 aromatic carbocycles. The number of hydrogen-bond donors (Lipinski definition) is 0. The largest absolute Gasteiger partial charge is 0.310 e. The third kappa shape index (κ3) is 6.41. The van der Waals surface area contributed by atoms with Crippen LogP contribution in [0.15, 0.2) is 243 Å². The van der Waals surface area contributed by atoms with Crippen molar-refractivity contribution in [2.24, 2.45) is 0 Å². The summed E-state index contributed by atoms with van der Waals surface area (Å²) in [4.78, 5) is 2.44. The van der Waals surface area contributed by atoms with Gasteiger partial charge in [0.15, 0.2) is 0 Å². The first kappa shape index (κ1) is 36.8. The van der Waals surface area contributed by atoms with Gasteiger partial charge in [0.2, 0.25) is 0 Å². The SMILES string of the molecule is c1ccc(-c2ccccc2-c2ccccc2-c2ccccc2N(c2ccc(-c3cccc(-n4c5ccccc5c5ccccc54)c3)cc2)c2ccc3sc4ccccc4c3c2)cc1. The fourth-order valence-electron chi connectivity index (χ4n) is 9.55. The summed E-state index contributed by atoms with van der Waals surface area (Å²) in [5.41, 5.74) is 16.4. The Kier molecular flexibility index (Phi) is 9.06. The van der Waals surface area contributed by atoms with E-state index < -0.39 is 0 Å². The van der Waals surface area contributed by atoms with E-state index in [4.69, 9.17) is 0 Å². The second-order valence-electron chi connectivity index (χ2n) is 16.1. The number of thiophene rings is 1. The van der Waals surface area contributed by atoms with E-state index >= 15 is 0 Å². The van der Waals surface area contributed by atoms with Crippen LogP contribution < -0.4 is 4.90 Å². The smallest absolute Gasteiger partial charge is 0.0541 e. The minimum absolute atomic E-state index is 1.09. The summed E-state index contributed by atoms with van der Waals surface area (Å²) in [6.45, 7) is 0. The van der Waals surface area contributed by atoms with Crippen molar-refractivity contribution < 1.29 is 0 Å². The van der Waals surface area contributed by atoms with E-state index in [-0.39, 0.29) is 0 Å². The van der Waals surface area contributed by atoms with Gasteiger partial charge in [0, 0.05) is 53.6 Å². The Bertz CT molecular complexity index is 3580. The zero-order valence-corrected chi connectivity index (χ0v) is 35.2. The molecule has 0 bridgehead atoms. The minimum Gasteiger partial charge on any atom is -0.310 e. The summed E-state index contributed by atoms with van der Waals surface area (Å²) in [6, 6.07) is 88.4. The molecule has 0 radical (unpaired) electrons. The molecule has 0 aliphatic heterocycles. The average molecular weight is 821 g/mol. The fourth-order valence-corrected chi connectivity index (χ4v) is 10.6. The number of para-hydroxylation sites is 3. The molecule has 2 heterocycles. The topological polar surface area (TPSA) is 8.17 Å². The highest BCUT2D eigenvalue weighted by molar-refractivity contribution is 7.25. The molecular weight excluding hydrogens is 781 g/mol. The van der Waals surface area contributed by atoms with Crippen molar-refractivity contribution in [3.8, 4) is 50.2 Å². The number of fused-ring (bicyclic) bond motifs is 6. The first-order valence-corrected chi connectivity index (χ1v) is 22.3. The number of rotatable bonds is 8. The molecule has 0 aliphatic carbocycles. The third-order valence-electron chi connectivity index (χ3n) is 12.4. The maximum atomic E-state index is 2.44. The van der Waals surface area contributed by atoms with Gasteiger partial charge in [-0.05, 0) is 106 Å². The van der Waals surface area contributed by atoms with E-state index in [1.165, 1.54) is 75.4 Å². The molecule has 0 aliphatic rings. The van der Waals surface area contributed by atoms with Gasteiger partial charge in [-0.3, -0.25) is 0 Å². The van der Waals surface area contributed by atoms with Crippen molar-refractivity contribution >= 4 is 70.4 Å². The molecular formula is C60H40N2S. The van der Waals surface area contributed by atoms with Gasteiger partial charge in [0.1, 0.15) is 0 Å². The zero-order chi connectivity index (χ0) is 41.7. The third-order valence-corrected chi connectivity index (χ3v) is 13.6. The first-order chi connectivity index (χ1) is 31.3. The molecule has 296 valence electrons. The van der Waals surface area contributed by atoms with Gasteiger partial charge in [0.25, 0.3) is 0 Å². The van der Waals surface area contributed by atoms with Gasteiger partial charge in [0.05, 0.1) is 16.7 Å². The first-order valence-electron chi connectivity index (χ1n) is 21.5. The van der Waals surface area contributed by atoms with Crippen LogP contribution in [0.4, 0.5) is 17.1 Å². The Balaban J connectivity index is 1.01. The summed E-state index contributed by atoms with van der Waals surface area (Å²) in [6.07, 6.45) is 0. The summed E-state index contributed by atoms with van der Waals surface area (Å²) in [5.74, 6) is 0. The molecule has 0 fully saturated rings. The Morgan fingerprint density at radius 3 is 1.56 bits per heavy atom. The molecule has 12 aromatic rings. The number of benzene rings is 10. The van der Waals surface area contributed by atoms with Crippen LogP contribution in [0.3, 0.4) is 0 Å². The molecule has 2 aromatic heterocycles. The molecule has 0 amide bonds. The van der Waals surface area contributed by atoms with Crippen molar-refractivity contribution in [3.63, 3.8) is 0 Å². The number of nitrogens with zero attached hydrogens (tertiary/aromatic N) is 2. The zero-order valence-electron chi connectivity index (χ0n) is 34.4. The quantitative estimate of drug-likeness (QED) is 0.148. The van der Waals surface area contributed by atoms with Crippen molar-refractivity contribution in [3.05, 3.63) is 243 Å². The molecule has 0 saturated carbocycles. The molecule has 2 nitrogen and oxygen atoms in total. The predicted octanol–water partition coefficient (Wildman–Crippen LogP) is 17.3. The standard InChI is InChI=1S/C60H40N2S/c1-2-17-42(18-3-1)47-21-4-5-22-48(47)49-23-6-7-24-50(49)51-25-8-12-29-56(51)61(46-37-38-60-55(40-46)54-28-11-15-32-59(54)63-60)44-35-33-41(34-36-44)43-19-16-20-45(39-43)62-57-30-13-9-26-52(57)53-27-10-14-31-58(53)62/h1-40H. The van der Waals surface area contributed by atoms with Gasteiger partial charge < -0.3 is 9.47 Å². The number of anilines is 3. The van der Waals surface area contributed by atoms with Crippen LogP contribution in [0.1, 0.15) is 0 Å². The lowest BCUT2D eigenvalue weighted by Crippen LogP contribution is -2.11. The minimum atomic E-state index is 1.09. The second kappa shape index (κ2) is 15.5. The van der Waals surface area contributed by atoms with Gasteiger partial charge in [-0.15, -0.1) is 11.3 Å². The molecule has 0 spiro atoms. The van der Waals surface area contributed by atoms with E-state index in [0.29, 0.717) is 0 Å². The second-order valence-corrected chi connectivity index (χ2v) is 17.1. The lowest BCUT2D eigenvalue weighted by Gasteiger charge is -2.29. The van der Waals surface area contributed by atoms with Crippen LogP contribution in [0, 0.1) is 0 Å². The highest BCUT2D eigenvalue weighted by Gasteiger charge is 2.21. The summed E-state index contributed by atoms with van der Waals surface area (Å²) in [7, 11) is 0. The van der Waals surface area contributed by atoms with Crippen LogP contribution in [0.25, 0.3) is 92.2 Å². The summed E-state index contributed by atoms with van der Waals surface area (Å²) in [5, 5.41) is 5.08. The summed E-state index contributed by atoms with van der Waals surface area (Å²) >= 11 is 1.85. The monoisotopic (exact) mass is 820 g/mol. The maximum absolute atomic E-state index is 2.44. The van der Waals surface area contributed by atoms with Crippen LogP contribution in [0.2, 0.25) is 0 Å². The van der Waals surface area contributed by atoms with Crippen LogP contribution in [-0.4, -0.2) is 4.57 Å². The van der Waals surface area contributed by atoms with E-state index in [2.05, 4.69) is 252 Å². The van der Waals surface area contributed by atoms with E-state index in [1.54, 1.807) is 0 Å². The highest BCUT2D eigenvalue weighted by Crippen LogP contribution is 2.47. The van der Waals surface area contributed by atoms with Crippen molar-refractivity contribution in [2.45, 2.75) is 0 Å². The van der Waals surface area contributed by atoms with E-state index in [9.17, 15) is 0 Å². The lowest BCUT2D eigenvalue weighted by atomic mass is 9.88. The van der Waals surface area contributed by atoms with Crippen LogP contribution in [-0.2, 0) is 0 Å². The molecule has 0 unspecified atom stereocenters. The van der Waals surface area contributed by atoms with Crippen molar-refractivity contribution in [1.82, 2.24) is 4.57 Å². The van der Waals surface area contributed by atoms with E-state index in [0.717, 1.165) is 33.9 Å². The number of aromatic nitrogens is 1. The van der Waals surface area contributed by atoms with Crippen molar-refractivity contribution in [1.29, 1.82) is 0 Å². The predicted molar refractivity (Wildman–Crippen MR) is 270 cm³/mol. The van der Waals surface area contributed by atoms with Gasteiger partial charge >= 0.3 is 0 Å². The molecule has 63 heavy (non-hydrogen) atoms. The summed E-state index contributed by atoms with van der Waals surface area (Å²) < 4.78 is 4.98. The molecule has 0 N–H and O–H groups in total. The average Bonchev–Trinajstić information content (AvgIpc) is 3.90. The highest BCUT2D eigenvalue weighted by atomic mass is 32.1. The van der Waals surface area contributed by atoms with Crippen LogP contribution >= 0.6 is 11.3 Å². The van der Waals surface area contributed by atoms with Gasteiger partial charge in [-0.2, -0.15) is 0 Å². The Morgan fingerprint density at radius 2 is 0.825 bits per heavy atom.